The van der Waals surface area contributed by atoms with Gasteiger partial charge in [0, 0.05) is 32.0 Å². The van der Waals surface area contributed by atoms with E-state index >= 15 is 0 Å². The summed E-state index contributed by atoms with van der Waals surface area (Å²) in [5.74, 6) is -0.171. The lowest BCUT2D eigenvalue weighted by Crippen LogP contribution is -2.54. The molecule has 1 fully saturated rings. The van der Waals surface area contributed by atoms with E-state index in [0.29, 0.717) is 26.1 Å². The number of nitrogens with zero attached hydrogens (tertiary/aromatic N) is 1. The van der Waals surface area contributed by atoms with E-state index in [9.17, 15) is 14.7 Å². The highest BCUT2D eigenvalue weighted by Gasteiger charge is 2.33. The lowest BCUT2D eigenvalue weighted by atomic mass is 9.90. The summed E-state index contributed by atoms with van der Waals surface area (Å²) in [5.41, 5.74) is 0. The standard InChI is InChI=1S/C12H22N2O4/c1-4-18-12(17)14-6-10(8(2)15)5-11(7-14)13-9(3)16/h8,10-11,15H,4-7H2,1-3H3,(H,13,16). The highest BCUT2D eigenvalue weighted by molar-refractivity contribution is 5.73. The van der Waals surface area contributed by atoms with Gasteiger partial charge in [0.15, 0.2) is 0 Å². The molecule has 18 heavy (non-hydrogen) atoms. The average Bonchev–Trinajstić information content (AvgIpc) is 2.27. The van der Waals surface area contributed by atoms with Crippen molar-refractivity contribution in [2.24, 2.45) is 5.92 Å². The Bertz CT molecular complexity index is 306. The van der Waals surface area contributed by atoms with Gasteiger partial charge in [0.1, 0.15) is 0 Å². The highest BCUT2D eigenvalue weighted by Crippen LogP contribution is 2.21. The molecule has 1 aliphatic heterocycles. The van der Waals surface area contributed by atoms with Crippen LogP contribution in [-0.2, 0) is 9.53 Å². The van der Waals surface area contributed by atoms with Crippen LogP contribution in [0.3, 0.4) is 0 Å². The van der Waals surface area contributed by atoms with Crippen molar-refractivity contribution in [3.05, 3.63) is 0 Å². The fourth-order valence-electron chi connectivity index (χ4n) is 2.24. The molecule has 0 bridgehead atoms. The molecule has 0 aromatic carbocycles. The van der Waals surface area contributed by atoms with E-state index in [1.807, 2.05) is 0 Å². The maximum Gasteiger partial charge on any atom is 0.409 e. The first-order chi connectivity index (χ1) is 8.43. The molecule has 3 atom stereocenters. The fraction of sp³-hybridized carbons (Fsp3) is 0.833. The van der Waals surface area contributed by atoms with Crippen LogP contribution >= 0.6 is 0 Å². The normalized spacial score (nSPS) is 25.4. The largest absolute Gasteiger partial charge is 0.450 e. The van der Waals surface area contributed by atoms with Crippen molar-refractivity contribution in [2.45, 2.75) is 39.3 Å². The predicted molar refractivity (Wildman–Crippen MR) is 66.0 cm³/mol. The molecule has 2 amide bonds. The van der Waals surface area contributed by atoms with Gasteiger partial charge >= 0.3 is 6.09 Å². The van der Waals surface area contributed by atoms with Crippen LogP contribution in [0.5, 0.6) is 0 Å². The molecule has 0 spiro atoms. The lowest BCUT2D eigenvalue weighted by molar-refractivity contribution is -0.120. The van der Waals surface area contributed by atoms with E-state index in [0.717, 1.165) is 0 Å². The van der Waals surface area contributed by atoms with Crippen molar-refractivity contribution in [3.63, 3.8) is 0 Å². The Morgan fingerprint density at radius 3 is 2.67 bits per heavy atom. The van der Waals surface area contributed by atoms with E-state index in [2.05, 4.69) is 5.32 Å². The summed E-state index contributed by atoms with van der Waals surface area (Å²) in [7, 11) is 0. The molecule has 1 saturated heterocycles. The van der Waals surface area contributed by atoms with E-state index in [1.54, 1.807) is 18.7 Å². The number of aliphatic hydroxyl groups is 1. The zero-order chi connectivity index (χ0) is 13.7. The van der Waals surface area contributed by atoms with Crippen LogP contribution < -0.4 is 5.32 Å². The van der Waals surface area contributed by atoms with E-state index in [1.165, 1.54) is 6.92 Å². The number of rotatable bonds is 3. The monoisotopic (exact) mass is 258 g/mol. The molecule has 6 nitrogen and oxygen atoms in total. The highest BCUT2D eigenvalue weighted by atomic mass is 16.6. The van der Waals surface area contributed by atoms with Crippen LogP contribution in [0.25, 0.3) is 0 Å². The van der Waals surface area contributed by atoms with Gasteiger partial charge in [-0.05, 0) is 20.3 Å². The third kappa shape index (κ3) is 4.18. The third-order valence-corrected chi connectivity index (χ3v) is 3.10. The fourth-order valence-corrected chi connectivity index (χ4v) is 2.24. The number of amides is 2. The number of carbonyl (C=O) groups excluding carboxylic acids is 2. The topological polar surface area (TPSA) is 78.9 Å². The number of carbonyl (C=O) groups is 2. The average molecular weight is 258 g/mol. The summed E-state index contributed by atoms with van der Waals surface area (Å²) in [6.07, 6.45) is -0.232. The number of likely N-dealkylation sites (tertiary alicyclic amines) is 1. The molecule has 6 heteroatoms. The van der Waals surface area contributed by atoms with Crippen molar-refractivity contribution in [1.29, 1.82) is 0 Å². The number of nitrogens with one attached hydrogen (secondary N) is 1. The van der Waals surface area contributed by atoms with Gasteiger partial charge in [0.25, 0.3) is 0 Å². The maximum atomic E-state index is 11.7. The second-order valence-electron chi connectivity index (χ2n) is 4.74. The minimum atomic E-state index is -0.515. The molecule has 0 saturated carbocycles. The first kappa shape index (κ1) is 14.8. The number of aliphatic hydroxyl groups excluding tert-OH is 1. The Morgan fingerprint density at radius 2 is 2.17 bits per heavy atom. The zero-order valence-corrected chi connectivity index (χ0v) is 11.2. The van der Waals surface area contributed by atoms with Crippen molar-refractivity contribution < 1.29 is 19.4 Å². The molecule has 0 aromatic rings. The van der Waals surface area contributed by atoms with Crippen molar-refractivity contribution in [2.75, 3.05) is 19.7 Å². The Morgan fingerprint density at radius 1 is 1.50 bits per heavy atom. The van der Waals surface area contributed by atoms with Gasteiger partial charge in [-0.15, -0.1) is 0 Å². The second kappa shape index (κ2) is 6.58. The van der Waals surface area contributed by atoms with E-state index in [-0.39, 0.29) is 17.9 Å². The molecule has 0 radical (unpaired) electrons. The summed E-state index contributed by atoms with van der Waals surface area (Å²) < 4.78 is 4.96. The van der Waals surface area contributed by atoms with Gasteiger partial charge in [0.2, 0.25) is 5.91 Å². The second-order valence-corrected chi connectivity index (χ2v) is 4.74. The summed E-state index contributed by atoms with van der Waals surface area (Å²) in [6, 6.07) is -0.125. The van der Waals surface area contributed by atoms with Crippen molar-refractivity contribution in [1.82, 2.24) is 10.2 Å². The molecule has 1 aliphatic rings. The van der Waals surface area contributed by atoms with Gasteiger partial charge in [0.05, 0.1) is 12.7 Å². The van der Waals surface area contributed by atoms with Crippen LogP contribution in [-0.4, -0.2) is 53.8 Å². The summed E-state index contributed by atoms with van der Waals surface area (Å²) >= 11 is 0. The van der Waals surface area contributed by atoms with Crippen molar-refractivity contribution in [3.8, 4) is 0 Å². The molecular weight excluding hydrogens is 236 g/mol. The Balaban J connectivity index is 2.67. The van der Waals surface area contributed by atoms with Crippen LogP contribution in [0.1, 0.15) is 27.2 Å². The number of ether oxygens (including phenoxy) is 1. The van der Waals surface area contributed by atoms with Gasteiger partial charge in [-0.25, -0.2) is 4.79 Å². The predicted octanol–water partition coefficient (Wildman–Crippen LogP) is 0.350. The van der Waals surface area contributed by atoms with E-state index in [4.69, 9.17) is 4.74 Å². The Kier molecular flexibility index (Phi) is 5.40. The summed E-state index contributed by atoms with van der Waals surface area (Å²) in [5, 5.41) is 12.5. The van der Waals surface area contributed by atoms with E-state index < -0.39 is 12.2 Å². The Labute approximate surface area is 107 Å². The molecule has 0 aromatic heterocycles. The maximum absolute atomic E-state index is 11.7. The molecule has 2 N–H and O–H groups in total. The smallest absolute Gasteiger partial charge is 0.409 e. The Hall–Kier alpha value is -1.30. The first-order valence-corrected chi connectivity index (χ1v) is 6.30. The molecule has 1 rings (SSSR count). The zero-order valence-electron chi connectivity index (χ0n) is 11.2. The summed E-state index contributed by atoms with van der Waals surface area (Å²) in [4.78, 5) is 24.3. The lowest BCUT2D eigenvalue weighted by Gasteiger charge is -2.38. The molecular formula is C12H22N2O4. The summed E-state index contributed by atoms with van der Waals surface area (Å²) in [6.45, 7) is 6.11. The van der Waals surface area contributed by atoms with Crippen molar-refractivity contribution >= 4 is 12.0 Å². The molecule has 1 heterocycles. The van der Waals surface area contributed by atoms with Crippen LogP contribution in [0.2, 0.25) is 0 Å². The van der Waals surface area contributed by atoms with Gasteiger partial charge < -0.3 is 20.1 Å². The number of piperidine rings is 1. The van der Waals surface area contributed by atoms with Gasteiger partial charge in [-0.3, -0.25) is 4.79 Å². The number of hydrogen-bond acceptors (Lipinski definition) is 4. The van der Waals surface area contributed by atoms with Gasteiger partial charge in [-0.1, -0.05) is 0 Å². The van der Waals surface area contributed by atoms with Crippen LogP contribution in [0, 0.1) is 5.92 Å². The van der Waals surface area contributed by atoms with Crippen LogP contribution in [0.4, 0.5) is 4.79 Å². The molecule has 104 valence electrons. The molecule has 0 aliphatic carbocycles. The molecule has 3 unspecified atom stereocenters. The third-order valence-electron chi connectivity index (χ3n) is 3.10. The number of hydrogen-bond donors (Lipinski definition) is 2. The SMILES string of the molecule is CCOC(=O)N1CC(NC(C)=O)CC(C(C)O)C1. The van der Waals surface area contributed by atoms with Gasteiger partial charge in [-0.2, -0.15) is 0 Å². The minimum Gasteiger partial charge on any atom is -0.450 e. The first-order valence-electron chi connectivity index (χ1n) is 6.30. The quantitative estimate of drug-likeness (QED) is 0.765. The minimum absolute atomic E-state index is 0.0417. The van der Waals surface area contributed by atoms with Crippen LogP contribution in [0.15, 0.2) is 0 Å².